The summed E-state index contributed by atoms with van der Waals surface area (Å²) in [5.41, 5.74) is 0. The maximum absolute atomic E-state index is 13.1. The van der Waals surface area contributed by atoms with Crippen LogP contribution in [0.4, 0.5) is 0 Å². The zero-order chi connectivity index (χ0) is 67.0. The van der Waals surface area contributed by atoms with Crippen molar-refractivity contribution in [1.82, 2.24) is 0 Å². The van der Waals surface area contributed by atoms with Crippen molar-refractivity contribution in [2.75, 3.05) is 39.6 Å². The summed E-state index contributed by atoms with van der Waals surface area (Å²) in [6, 6.07) is 0. The van der Waals surface area contributed by atoms with E-state index >= 15 is 0 Å². The fourth-order valence-electron chi connectivity index (χ4n) is 11.0. The van der Waals surface area contributed by atoms with Gasteiger partial charge in [0, 0.05) is 25.7 Å². The number of unbranched alkanes of at least 4 members (excludes halogenated alkanes) is 44. The summed E-state index contributed by atoms with van der Waals surface area (Å²) in [7, 11) is -9.89. The minimum absolute atomic E-state index is 0.105. The highest BCUT2D eigenvalue weighted by molar-refractivity contribution is 7.47. The second kappa shape index (κ2) is 65.4. The molecule has 0 aromatic rings. The van der Waals surface area contributed by atoms with E-state index in [0.717, 1.165) is 102 Å². The highest BCUT2D eigenvalue weighted by Gasteiger charge is 2.30. The number of carbonyl (C=O) groups excluding carboxylic acids is 4. The van der Waals surface area contributed by atoms with Crippen LogP contribution >= 0.6 is 15.6 Å². The topological polar surface area (TPSA) is 237 Å². The Balaban J connectivity index is 5.11. The highest BCUT2D eigenvalue weighted by atomic mass is 31.2. The summed E-state index contributed by atoms with van der Waals surface area (Å²) in [4.78, 5) is 72.3. The van der Waals surface area contributed by atoms with Crippen molar-refractivity contribution in [2.24, 2.45) is 5.92 Å². The van der Waals surface area contributed by atoms with Gasteiger partial charge >= 0.3 is 39.5 Å². The van der Waals surface area contributed by atoms with Crippen LogP contribution in [0.3, 0.4) is 0 Å². The molecule has 540 valence electrons. The fourth-order valence-corrected chi connectivity index (χ4v) is 12.6. The molecule has 0 saturated carbocycles. The third-order valence-electron chi connectivity index (χ3n) is 16.8. The molecule has 0 aliphatic rings. The quantitative estimate of drug-likeness (QED) is 0.0222. The molecule has 0 saturated heterocycles. The summed E-state index contributed by atoms with van der Waals surface area (Å²) in [6.45, 7) is 7.18. The Kier molecular flexibility index (Phi) is 64.0. The van der Waals surface area contributed by atoms with E-state index in [2.05, 4.69) is 34.6 Å². The predicted octanol–water partition coefficient (Wildman–Crippen LogP) is 20.9. The van der Waals surface area contributed by atoms with Crippen molar-refractivity contribution in [2.45, 2.75) is 393 Å². The molecule has 0 aromatic heterocycles. The van der Waals surface area contributed by atoms with E-state index in [1.807, 2.05) is 0 Å². The minimum Gasteiger partial charge on any atom is -0.462 e. The second-order valence-electron chi connectivity index (χ2n) is 26.5. The van der Waals surface area contributed by atoms with Gasteiger partial charge in [-0.25, -0.2) is 9.13 Å². The number of aliphatic hydroxyl groups excluding tert-OH is 1. The van der Waals surface area contributed by atoms with Gasteiger partial charge in [0.15, 0.2) is 12.2 Å². The van der Waals surface area contributed by atoms with Crippen LogP contribution in [-0.2, 0) is 65.4 Å². The minimum atomic E-state index is -4.95. The molecule has 17 nitrogen and oxygen atoms in total. The van der Waals surface area contributed by atoms with Gasteiger partial charge in [-0.05, 0) is 31.6 Å². The zero-order valence-electron chi connectivity index (χ0n) is 59.0. The molecule has 91 heavy (non-hydrogen) atoms. The van der Waals surface area contributed by atoms with Gasteiger partial charge in [0.05, 0.1) is 26.4 Å². The van der Waals surface area contributed by atoms with Crippen molar-refractivity contribution < 1.29 is 80.2 Å². The molecular weight excluding hydrogens is 1200 g/mol. The number of ether oxygens (including phenoxy) is 4. The summed E-state index contributed by atoms with van der Waals surface area (Å²) >= 11 is 0. The lowest BCUT2D eigenvalue weighted by Crippen LogP contribution is -2.30. The Morgan fingerprint density at radius 2 is 0.505 bits per heavy atom. The average molecular weight is 1340 g/mol. The first-order valence-corrected chi connectivity index (χ1v) is 40.6. The van der Waals surface area contributed by atoms with Crippen LogP contribution in [0.5, 0.6) is 0 Å². The van der Waals surface area contributed by atoms with Gasteiger partial charge < -0.3 is 33.8 Å². The van der Waals surface area contributed by atoms with E-state index in [1.165, 1.54) is 193 Å². The molecule has 19 heteroatoms. The molecule has 0 aliphatic carbocycles. The second-order valence-corrected chi connectivity index (χ2v) is 29.4. The van der Waals surface area contributed by atoms with Crippen molar-refractivity contribution in [1.29, 1.82) is 0 Å². The standard InChI is InChI=1S/C72H140O17P2/c1-6-9-12-15-17-19-20-21-22-23-24-25-28-32-35-39-43-48-53-58-72(77)89-68(62-83-70(75)56-51-46-41-38-34-31-29-26-27-30-33-37-40-45-49-54-65(4)5)64-87-91(80,81)85-60-66(73)59-84-90(78,79)86-63-67(61-82-69(74)55-50-44-14-11-8-3)88-71(76)57-52-47-42-36-18-16-13-10-7-2/h65-68,73H,6-64H2,1-5H3,(H,78,79)(H,80,81)/t66-,67+,68+/m0/s1. The Labute approximate surface area is 556 Å². The predicted molar refractivity (Wildman–Crippen MR) is 368 cm³/mol. The lowest BCUT2D eigenvalue weighted by Gasteiger charge is -2.21. The van der Waals surface area contributed by atoms with E-state index in [1.54, 1.807) is 0 Å². The smallest absolute Gasteiger partial charge is 0.462 e. The molecule has 3 N–H and O–H groups in total. The summed E-state index contributed by atoms with van der Waals surface area (Å²) in [6.07, 6.45) is 53.3. The fraction of sp³-hybridized carbons (Fsp3) is 0.944. The van der Waals surface area contributed by atoms with Crippen LogP contribution in [0.1, 0.15) is 375 Å². The maximum Gasteiger partial charge on any atom is 0.472 e. The first-order chi connectivity index (χ1) is 44.0. The number of hydrogen-bond donors (Lipinski definition) is 3. The first kappa shape index (κ1) is 89.1. The summed E-state index contributed by atoms with van der Waals surface area (Å²) in [5, 5.41) is 10.6. The van der Waals surface area contributed by atoms with Gasteiger partial charge in [-0.3, -0.25) is 37.3 Å². The Bertz CT molecular complexity index is 1750. The number of phosphoric ester groups is 2. The molecular formula is C72H140O17P2. The molecule has 2 unspecified atom stereocenters. The van der Waals surface area contributed by atoms with Gasteiger partial charge in [0.25, 0.3) is 0 Å². The molecule has 0 aromatic carbocycles. The van der Waals surface area contributed by atoms with Crippen molar-refractivity contribution in [3.63, 3.8) is 0 Å². The number of hydrogen-bond acceptors (Lipinski definition) is 15. The van der Waals surface area contributed by atoms with Crippen LogP contribution < -0.4 is 0 Å². The Hall–Kier alpha value is -1.94. The van der Waals surface area contributed by atoms with Crippen LogP contribution in [0.2, 0.25) is 0 Å². The first-order valence-electron chi connectivity index (χ1n) is 37.6. The van der Waals surface area contributed by atoms with Crippen molar-refractivity contribution >= 4 is 39.5 Å². The van der Waals surface area contributed by atoms with E-state index in [-0.39, 0.29) is 25.7 Å². The molecule has 0 heterocycles. The number of carbonyl (C=O) groups is 4. The summed E-state index contributed by atoms with van der Waals surface area (Å²) < 4.78 is 68.1. The lowest BCUT2D eigenvalue weighted by atomic mass is 10.0. The van der Waals surface area contributed by atoms with E-state index in [0.29, 0.717) is 25.7 Å². The molecule has 0 amide bonds. The molecule has 0 rings (SSSR count). The van der Waals surface area contributed by atoms with Crippen molar-refractivity contribution in [3.8, 4) is 0 Å². The van der Waals surface area contributed by atoms with Gasteiger partial charge in [-0.2, -0.15) is 0 Å². The Morgan fingerprint density at radius 1 is 0.297 bits per heavy atom. The van der Waals surface area contributed by atoms with Crippen LogP contribution in [0, 0.1) is 5.92 Å². The van der Waals surface area contributed by atoms with Crippen LogP contribution in [0.25, 0.3) is 0 Å². The number of rotatable bonds is 72. The monoisotopic (exact) mass is 1340 g/mol. The molecule has 0 bridgehead atoms. The average Bonchev–Trinajstić information content (AvgIpc) is 2.32. The van der Waals surface area contributed by atoms with E-state index in [9.17, 15) is 43.2 Å². The SMILES string of the molecule is CCCCCCCCCCCCCCCCCCCCCC(=O)O[C@H](COC(=O)CCCCCCCCCCCCCCCCCC(C)C)COP(=O)(O)OC[C@@H](O)COP(=O)(O)OC[C@@H](COC(=O)CCCCCCC)OC(=O)CCCCCCCCCCC. The Morgan fingerprint density at radius 3 is 0.747 bits per heavy atom. The molecule has 0 aliphatic heterocycles. The third-order valence-corrected chi connectivity index (χ3v) is 18.7. The zero-order valence-corrected chi connectivity index (χ0v) is 60.8. The van der Waals surface area contributed by atoms with Gasteiger partial charge in [0.2, 0.25) is 0 Å². The molecule has 0 spiro atoms. The number of aliphatic hydroxyl groups is 1. The maximum atomic E-state index is 13.1. The largest absolute Gasteiger partial charge is 0.472 e. The van der Waals surface area contributed by atoms with E-state index < -0.39 is 97.5 Å². The van der Waals surface area contributed by atoms with Crippen LogP contribution in [-0.4, -0.2) is 96.7 Å². The molecule has 0 radical (unpaired) electrons. The van der Waals surface area contributed by atoms with Crippen molar-refractivity contribution in [3.05, 3.63) is 0 Å². The molecule has 5 atom stereocenters. The van der Waals surface area contributed by atoms with Gasteiger partial charge in [0.1, 0.15) is 19.3 Å². The molecule has 0 fully saturated rings. The number of esters is 4. The van der Waals surface area contributed by atoms with E-state index in [4.69, 9.17) is 37.0 Å². The number of phosphoric acid groups is 2. The van der Waals surface area contributed by atoms with Gasteiger partial charge in [-0.1, -0.05) is 324 Å². The normalized spacial score (nSPS) is 14.0. The third kappa shape index (κ3) is 66.5. The lowest BCUT2D eigenvalue weighted by molar-refractivity contribution is -0.161. The van der Waals surface area contributed by atoms with Crippen LogP contribution in [0.15, 0.2) is 0 Å². The van der Waals surface area contributed by atoms with Gasteiger partial charge in [-0.15, -0.1) is 0 Å². The summed E-state index contributed by atoms with van der Waals surface area (Å²) in [5.74, 6) is -1.33. The highest BCUT2D eigenvalue weighted by Crippen LogP contribution is 2.45.